The van der Waals surface area contributed by atoms with Crippen molar-refractivity contribution in [2.75, 3.05) is 0 Å². The zero-order valence-corrected chi connectivity index (χ0v) is 6.83. The fourth-order valence-corrected chi connectivity index (χ4v) is 1.08. The van der Waals surface area contributed by atoms with E-state index in [2.05, 4.69) is 15.3 Å². The van der Waals surface area contributed by atoms with Crippen molar-refractivity contribution in [2.24, 2.45) is 5.73 Å². The quantitative estimate of drug-likeness (QED) is 0.449. The first kappa shape index (κ1) is 8.06. The van der Waals surface area contributed by atoms with E-state index >= 15 is 0 Å². The standard InChI is InChI=1S/C7H10N4O2/c8-3-1-4(3)10-6(12)5-2-9-7(13)11-5/h2-4H,1,8H2,(H,10,12)(H2,9,11,13). The third-order valence-corrected chi connectivity index (χ3v) is 2.00. The van der Waals surface area contributed by atoms with Gasteiger partial charge in [-0.3, -0.25) is 4.79 Å². The van der Waals surface area contributed by atoms with Crippen molar-refractivity contribution >= 4 is 5.91 Å². The zero-order chi connectivity index (χ0) is 9.42. The van der Waals surface area contributed by atoms with Crippen molar-refractivity contribution in [3.63, 3.8) is 0 Å². The van der Waals surface area contributed by atoms with Gasteiger partial charge in [0.15, 0.2) is 0 Å². The molecule has 2 unspecified atom stereocenters. The minimum atomic E-state index is -0.384. The molecule has 6 nitrogen and oxygen atoms in total. The Morgan fingerprint density at radius 1 is 1.69 bits per heavy atom. The minimum absolute atomic E-state index is 0.0610. The fourth-order valence-electron chi connectivity index (χ4n) is 1.08. The van der Waals surface area contributed by atoms with E-state index in [-0.39, 0.29) is 29.4 Å². The molecule has 2 rings (SSSR count). The molecule has 70 valence electrons. The lowest BCUT2D eigenvalue weighted by molar-refractivity contribution is 0.0945. The number of aromatic nitrogens is 2. The highest BCUT2D eigenvalue weighted by molar-refractivity contribution is 5.92. The summed E-state index contributed by atoms with van der Waals surface area (Å²) in [6, 6.07) is 0.125. The second kappa shape index (κ2) is 2.74. The van der Waals surface area contributed by atoms with E-state index in [9.17, 15) is 9.59 Å². The maximum atomic E-state index is 11.3. The Morgan fingerprint density at radius 2 is 2.38 bits per heavy atom. The molecule has 1 aromatic rings. The van der Waals surface area contributed by atoms with Crippen LogP contribution < -0.4 is 16.7 Å². The second-order valence-corrected chi connectivity index (χ2v) is 3.14. The number of rotatable bonds is 2. The van der Waals surface area contributed by atoms with E-state index in [1.54, 1.807) is 0 Å². The molecule has 13 heavy (non-hydrogen) atoms. The summed E-state index contributed by atoms with van der Waals surface area (Å²) >= 11 is 0. The molecule has 1 aromatic heterocycles. The van der Waals surface area contributed by atoms with Gasteiger partial charge in [0.05, 0.1) is 0 Å². The molecule has 2 atom stereocenters. The average molecular weight is 182 g/mol. The number of amides is 1. The molecule has 1 saturated carbocycles. The lowest BCUT2D eigenvalue weighted by atomic mass is 10.4. The first-order valence-electron chi connectivity index (χ1n) is 4.01. The van der Waals surface area contributed by atoms with Gasteiger partial charge in [-0.05, 0) is 6.42 Å². The highest BCUT2D eigenvalue weighted by Crippen LogP contribution is 2.17. The van der Waals surface area contributed by atoms with E-state index < -0.39 is 0 Å². The van der Waals surface area contributed by atoms with Gasteiger partial charge in [-0.2, -0.15) is 0 Å². The van der Waals surface area contributed by atoms with Crippen LogP contribution in [0, 0.1) is 0 Å². The van der Waals surface area contributed by atoms with Gasteiger partial charge in [0.25, 0.3) is 5.91 Å². The van der Waals surface area contributed by atoms with Crippen molar-refractivity contribution in [2.45, 2.75) is 18.5 Å². The minimum Gasteiger partial charge on any atom is -0.346 e. The Balaban J connectivity index is 2.01. The zero-order valence-electron chi connectivity index (χ0n) is 6.83. The average Bonchev–Trinajstić information content (AvgIpc) is 2.62. The monoisotopic (exact) mass is 182 g/mol. The number of hydrogen-bond acceptors (Lipinski definition) is 3. The topological polar surface area (TPSA) is 104 Å². The van der Waals surface area contributed by atoms with Crippen LogP contribution in [0.15, 0.2) is 11.0 Å². The van der Waals surface area contributed by atoms with E-state index in [0.29, 0.717) is 0 Å². The third kappa shape index (κ3) is 1.62. The van der Waals surface area contributed by atoms with Crippen LogP contribution in [0.25, 0.3) is 0 Å². The van der Waals surface area contributed by atoms with Crippen LogP contribution in [-0.4, -0.2) is 28.0 Å². The van der Waals surface area contributed by atoms with Gasteiger partial charge in [-0.1, -0.05) is 0 Å². The molecule has 6 heteroatoms. The number of H-pyrrole nitrogens is 2. The molecular weight excluding hydrogens is 172 g/mol. The largest absolute Gasteiger partial charge is 0.346 e. The van der Waals surface area contributed by atoms with Gasteiger partial charge in [0, 0.05) is 18.3 Å². The molecule has 1 fully saturated rings. The van der Waals surface area contributed by atoms with Gasteiger partial charge in [-0.15, -0.1) is 0 Å². The van der Waals surface area contributed by atoms with Gasteiger partial charge >= 0.3 is 5.69 Å². The van der Waals surface area contributed by atoms with Crippen molar-refractivity contribution < 1.29 is 4.79 Å². The number of nitrogens with two attached hydrogens (primary N) is 1. The van der Waals surface area contributed by atoms with Crippen LogP contribution in [0.2, 0.25) is 0 Å². The molecule has 1 heterocycles. The Hall–Kier alpha value is -1.56. The van der Waals surface area contributed by atoms with Crippen LogP contribution in [0.1, 0.15) is 16.9 Å². The highest BCUT2D eigenvalue weighted by atomic mass is 16.2. The van der Waals surface area contributed by atoms with Crippen molar-refractivity contribution in [3.8, 4) is 0 Å². The van der Waals surface area contributed by atoms with E-state index in [0.717, 1.165) is 6.42 Å². The van der Waals surface area contributed by atoms with Crippen LogP contribution in [0.3, 0.4) is 0 Å². The molecule has 1 aliphatic carbocycles. The number of hydrogen-bond donors (Lipinski definition) is 4. The van der Waals surface area contributed by atoms with Gasteiger partial charge in [-0.25, -0.2) is 4.79 Å². The molecule has 0 radical (unpaired) electrons. The molecule has 0 spiro atoms. The highest BCUT2D eigenvalue weighted by Gasteiger charge is 2.35. The fraction of sp³-hybridized carbons (Fsp3) is 0.429. The first-order valence-corrected chi connectivity index (χ1v) is 4.01. The van der Waals surface area contributed by atoms with E-state index in [1.165, 1.54) is 6.20 Å². The normalized spacial score (nSPS) is 25.6. The van der Waals surface area contributed by atoms with Crippen LogP contribution in [0.5, 0.6) is 0 Å². The second-order valence-electron chi connectivity index (χ2n) is 3.14. The summed E-state index contributed by atoms with van der Waals surface area (Å²) in [4.78, 5) is 26.7. The number of aromatic amines is 2. The Morgan fingerprint density at radius 3 is 2.85 bits per heavy atom. The lowest BCUT2D eigenvalue weighted by Gasteiger charge is -1.99. The number of imidazole rings is 1. The maximum Gasteiger partial charge on any atom is 0.323 e. The van der Waals surface area contributed by atoms with Crippen LogP contribution in [0.4, 0.5) is 0 Å². The molecule has 5 N–H and O–H groups in total. The third-order valence-electron chi connectivity index (χ3n) is 2.00. The molecule has 0 saturated heterocycles. The SMILES string of the molecule is NC1CC1NC(=O)c1c[nH]c(=O)[nH]1. The van der Waals surface area contributed by atoms with Crippen LogP contribution >= 0.6 is 0 Å². The van der Waals surface area contributed by atoms with E-state index in [1.807, 2.05) is 0 Å². The number of carbonyl (C=O) groups is 1. The van der Waals surface area contributed by atoms with Gasteiger partial charge < -0.3 is 21.0 Å². The van der Waals surface area contributed by atoms with Gasteiger partial charge in [0.2, 0.25) is 0 Å². The molecule has 1 amide bonds. The predicted octanol–water partition coefficient (Wildman–Crippen LogP) is -1.47. The molecular formula is C7H10N4O2. The van der Waals surface area contributed by atoms with E-state index in [4.69, 9.17) is 5.73 Å². The van der Waals surface area contributed by atoms with Crippen LogP contribution in [-0.2, 0) is 0 Å². The summed E-state index contributed by atoms with van der Waals surface area (Å²) in [7, 11) is 0. The molecule has 0 aliphatic heterocycles. The number of carbonyl (C=O) groups excluding carboxylic acids is 1. The van der Waals surface area contributed by atoms with Gasteiger partial charge in [0.1, 0.15) is 5.69 Å². The smallest absolute Gasteiger partial charge is 0.323 e. The summed E-state index contributed by atoms with van der Waals surface area (Å²) < 4.78 is 0. The first-order chi connectivity index (χ1) is 6.16. The summed E-state index contributed by atoms with van der Waals surface area (Å²) in [6.07, 6.45) is 2.14. The molecule has 1 aliphatic rings. The predicted molar refractivity (Wildman–Crippen MR) is 45.3 cm³/mol. The van der Waals surface area contributed by atoms with Crippen molar-refractivity contribution in [1.82, 2.24) is 15.3 Å². The Labute approximate surface area is 73.5 Å². The maximum absolute atomic E-state index is 11.3. The summed E-state index contributed by atoms with van der Waals surface area (Å²) in [6.45, 7) is 0. The summed E-state index contributed by atoms with van der Waals surface area (Å²) in [5, 5.41) is 2.68. The van der Waals surface area contributed by atoms with Crippen molar-refractivity contribution in [1.29, 1.82) is 0 Å². The van der Waals surface area contributed by atoms with Crippen molar-refractivity contribution in [3.05, 3.63) is 22.4 Å². The Kier molecular flexibility index (Phi) is 1.70. The number of nitrogens with one attached hydrogen (secondary N) is 3. The summed E-state index contributed by atoms with van der Waals surface area (Å²) in [5.41, 5.74) is 5.36. The Bertz CT molecular complexity index is 380. The lowest BCUT2D eigenvalue weighted by Crippen LogP contribution is -2.30. The molecule has 0 aromatic carbocycles. The molecule has 0 bridgehead atoms. The summed E-state index contributed by atoms with van der Waals surface area (Å²) in [5.74, 6) is -0.295.